The summed E-state index contributed by atoms with van der Waals surface area (Å²) in [6.45, 7) is 0.181. The molecule has 2 aromatic carbocycles. The fourth-order valence-electron chi connectivity index (χ4n) is 2.70. The molecule has 1 aliphatic rings. The van der Waals surface area contributed by atoms with Crippen LogP contribution in [-0.4, -0.2) is 29.7 Å². The van der Waals surface area contributed by atoms with Gasteiger partial charge in [0.05, 0.1) is 6.21 Å². The highest BCUT2D eigenvalue weighted by molar-refractivity contribution is 6.13. The maximum atomic E-state index is 12.3. The molecule has 0 aliphatic carbocycles. The van der Waals surface area contributed by atoms with Gasteiger partial charge in [0.2, 0.25) is 6.79 Å². The average Bonchev–Trinajstić information content (AvgIpc) is 3.28. The van der Waals surface area contributed by atoms with Crippen molar-refractivity contribution in [2.75, 3.05) is 6.79 Å². The summed E-state index contributed by atoms with van der Waals surface area (Å²) >= 11 is 0. The van der Waals surface area contributed by atoms with Crippen LogP contribution in [0.25, 0.3) is 10.9 Å². The summed E-state index contributed by atoms with van der Waals surface area (Å²) in [5.41, 5.74) is 1.98. The van der Waals surface area contributed by atoms with Crippen molar-refractivity contribution in [3.05, 3.63) is 59.8 Å². The first-order chi connectivity index (χ1) is 12.7. The Hall–Kier alpha value is -3.61. The van der Waals surface area contributed by atoms with Crippen molar-refractivity contribution >= 4 is 28.9 Å². The van der Waals surface area contributed by atoms with Gasteiger partial charge < -0.3 is 19.3 Å². The summed E-state index contributed by atoms with van der Waals surface area (Å²) < 4.78 is 10.5. The Morgan fingerprint density at radius 1 is 1.15 bits per heavy atom. The van der Waals surface area contributed by atoms with Crippen molar-refractivity contribution in [1.29, 1.82) is 0 Å². The van der Waals surface area contributed by atoms with E-state index in [2.05, 4.69) is 10.1 Å². The minimum atomic E-state index is -0.725. The molecule has 1 aliphatic heterocycles. The molecule has 26 heavy (non-hydrogen) atoms. The monoisotopic (exact) mass is 350 g/mol. The zero-order valence-corrected chi connectivity index (χ0v) is 13.6. The lowest BCUT2D eigenvalue weighted by molar-refractivity contribution is -0.142. The first kappa shape index (κ1) is 15.9. The molecular weight excluding hydrogens is 336 g/mol. The Kier molecular flexibility index (Phi) is 4.10. The van der Waals surface area contributed by atoms with Crippen molar-refractivity contribution in [3.63, 3.8) is 0 Å². The van der Waals surface area contributed by atoms with E-state index < -0.39 is 5.97 Å². The molecule has 130 valence electrons. The third kappa shape index (κ3) is 3.14. The van der Waals surface area contributed by atoms with Crippen molar-refractivity contribution in [2.45, 2.75) is 6.42 Å². The Morgan fingerprint density at radius 2 is 2.00 bits per heavy atom. The number of ketones is 1. The molecule has 0 spiro atoms. The standard InChI is InChI=1S/C19H14N2O5/c22-16(14-10-20-15-4-2-1-3-13(14)15)8-19(23)26-21-9-12-5-6-17-18(7-12)25-11-24-17/h1-7,9-10,20H,8,11H2. The van der Waals surface area contributed by atoms with Crippen LogP contribution in [0, 0.1) is 0 Å². The van der Waals surface area contributed by atoms with Crippen LogP contribution in [0.4, 0.5) is 0 Å². The number of aromatic nitrogens is 1. The topological polar surface area (TPSA) is 90.0 Å². The number of Topliss-reactive ketones (excluding diaryl/α,β-unsaturated/α-hetero) is 1. The number of hydrogen-bond donors (Lipinski definition) is 1. The number of carbonyl (C=O) groups excluding carboxylic acids is 2. The quantitative estimate of drug-likeness (QED) is 0.251. The first-order valence-corrected chi connectivity index (χ1v) is 7.93. The number of H-pyrrole nitrogens is 1. The summed E-state index contributed by atoms with van der Waals surface area (Å²) in [7, 11) is 0. The number of aromatic amines is 1. The summed E-state index contributed by atoms with van der Waals surface area (Å²) in [5.74, 6) is 0.210. The molecule has 3 aromatic rings. The highest BCUT2D eigenvalue weighted by Gasteiger charge is 2.17. The third-order valence-corrected chi connectivity index (χ3v) is 3.95. The number of benzene rings is 2. The number of oxime groups is 1. The normalized spacial score (nSPS) is 12.6. The second-order valence-electron chi connectivity index (χ2n) is 5.66. The van der Waals surface area contributed by atoms with Crippen LogP contribution in [0.3, 0.4) is 0 Å². The van der Waals surface area contributed by atoms with Gasteiger partial charge in [0, 0.05) is 28.2 Å². The van der Waals surface area contributed by atoms with Crippen molar-refractivity contribution < 1.29 is 23.9 Å². The Bertz CT molecular complexity index is 1020. The third-order valence-electron chi connectivity index (χ3n) is 3.95. The fourth-order valence-corrected chi connectivity index (χ4v) is 2.70. The fraction of sp³-hybridized carbons (Fsp3) is 0.105. The van der Waals surface area contributed by atoms with Gasteiger partial charge in [-0.1, -0.05) is 23.4 Å². The molecule has 0 atom stereocenters. The molecule has 7 heteroatoms. The van der Waals surface area contributed by atoms with E-state index in [1.807, 2.05) is 24.3 Å². The Labute approximate surface area is 148 Å². The highest BCUT2D eigenvalue weighted by atomic mass is 16.7. The van der Waals surface area contributed by atoms with Gasteiger partial charge >= 0.3 is 5.97 Å². The molecule has 0 saturated carbocycles. The summed E-state index contributed by atoms with van der Waals surface area (Å²) in [6.07, 6.45) is 2.58. The number of rotatable bonds is 5. The SMILES string of the molecule is O=C(CC(=O)c1c[nH]c2ccccc12)ON=Cc1ccc2c(c1)OCO2. The summed E-state index contributed by atoms with van der Waals surface area (Å²) in [4.78, 5) is 31.9. The van der Waals surface area contributed by atoms with E-state index in [-0.39, 0.29) is 19.0 Å². The molecule has 2 heterocycles. The lowest BCUT2D eigenvalue weighted by atomic mass is 10.1. The van der Waals surface area contributed by atoms with Crippen molar-refractivity contribution in [1.82, 2.24) is 4.98 Å². The molecule has 1 aromatic heterocycles. The van der Waals surface area contributed by atoms with Crippen LogP contribution in [-0.2, 0) is 9.63 Å². The van der Waals surface area contributed by atoms with Crippen molar-refractivity contribution in [2.24, 2.45) is 5.16 Å². The molecule has 0 amide bonds. The van der Waals surface area contributed by atoms with Gasteiger partial charge in [-0.15, -0.1) is 0 Å². The van der Waals surface area contributed by atoms with Gasteiger partial charge in [-0.2, -0.15) is 0 Å². The van der Waals surface area contributed by atoms with Crippen LogP contribution in [0.5, 0.6) is 11.5 Å². The van der Waals surface area contributed by atoms with Gasteiger partial charge in [-0.05, 0) is 24.3 Å². The second-order valence-corrected chi connectivity index (χ2v) is 5.66. The van der Waals surface area contributed by atoms with Crippen LogP contribution in [0.2, 0.25) is 0 Å². The van der Waals surface area contributed by atoms with E-state index in [0.29, 0.717) is 22.6 Å². The second kappa shape index (κ2) is 6.72. The van der Waals surface area contributed by atoms with E-state index in [1.54, 1.807) is 24.4 Å². The van der Waals surface area contributed by atoms with E-state index >= 15 is 0 Å². The number of para-hydroxylation sites is 1. The largest absolute Gasteiger partial charge is 0.454 e. The molecule has 4 rings (SSSR count). The molecular formula is C19H14N2O5. The van der Waals surface area contributed by atoms with Crippen LogP contribution in [0.1, 0.15) is 22.3 Å². The number of ether oxygens (including phenoxy) is 2. The van der Waals surface area contributed by atoms with Crippen LogP contribution in [0.15, 0.2) is 53.8 Å². The van der Waals surface area contributed by atoms with Crippen LogP contribution >= 0.6 is 0 Å². The molecule has 1 N–H and O–H groups in total. The van der Waals surface area contributed by atoms with Gasteiger partial charge in [0.15, 0.2) is 17.3 Å². The maximum Gasteiger partial charge on any atom is 0.342 e. The maximum absolute atomic E-state index is 12.3. The summed E-state index contributed by atoms with van der Waals surface area (Å²) in [5, 5.41) is 4.41. The van der Waals surface area contributed by atoms with Gasteiger partial charge in [-0.3, -0.25) is 4.79 Å². The zero-order chi connectivity index (χ0) is 17.9. The van der Waals surface area contributed by atoms with E-state index in [4.69, 9.17) is 14.3 Å². The number of nitrogens with one attached hydrogen (secondary N) is 1. The molecule has 0 saturated heterocycles. The molecule has 0 radical (unpaired) electrons. The number of fused-ring (bicyclic) bond motifs is 2. The number of carbonyl (C=O) groups is 2. The molecule has 7 nitrogen and oxygen atoms in total. The zero-order valence-electron chi connectivity index (χ0n) is 13.6. The molecule has 0 bridgehead atoms. The van der Waals surface area contributed by atoms with E-state index in [9.17, 15) is 9.59 Å². The lowest BCUT2D eigenvalue weighted by Crippen LogP contribution is -2.09. The predicted octanol–water partition coefficient (Wildman–Crippen LogP) is 3.05. The van der Waals surface area contributed by atoms with E-state index in [0.717, 1.165) is 10.9 Å². The predicted molar refractivity (Wildman–Crippen MR) is 93.5 cm³/mol. The Balaban J connectivity index is 1.37. The molecule has 0 fully saturated rings. The smallest absolute Gasteiger partial charge is 0.342 e. The number of nitrogens with zero attached hydrogens (tertiary/aromatic N) is 1. The molecule has 0 unspecified atom stereocenters. The minimum absolute atomic E-state index is 0.181. The van der Waals surface area contributed by atoms with E-state index in [1.165, 1.54) is 6.21 Å². The highest BCUT2D eigenvalue weighted by Crippen LogP contribution is 2.32. The Morgan fingerprint density at radius 3 is 2.92 bits per heavy atom. The average molecular weight is 350 g/mol. The number of hydrogen-bond acceptors (Lipinski definition) is 6. The summed E-state index contributed by atoms with van der Waals surface area (Å²) in [6, 6.07) is 12.6. The minimum Gasteiger partial charge on any atom is -0.454 e. The van der Waals surface area contributed by atoms with Gasteiger partial charge in [0.25, 0.3) is 0 Å². The van der Waals surface area contributed by atoms with Crippen molar-refractivity contribution in [3.8, 4) is 11.5 Å². The first-order valence-electron chi connectivity index (χ1n) is 7.93. The lowest BCUT2D eigenvalue weighted by Gasteiger charge is -1.99. The van der Waals surface area contributed by atoms with Gasteiger partial charge in [0.1, 0.15) is 6.42 Å². The van der Waals surface area contributed by atoms with Crippen LogP contribution < -0.4 is 9.47 Å². The van der Waals surface area contributed by atoms with Gasteiger partial charge in [-0.25, -0.2) is 4.79 Å².